The molecule has 1 amide bonds. The summed E-state index contributed by atoms with van der Waals surface area (Å²) in [6.07, 6.45) is 0. The van der Waals surface area contributed by atoms with E-state index < -0.39 is 5.91 Å². The van der Waals surface area contributed by atoms with Gasteiger partial charge in [-0.3, -0.25) is 9.59 Å². The van der Waals surface area contributed by atoms with Crippen molar-refractivity contribution in [1.82, 2.24) is 9.78 Å². The minimum Gasteiger partial charge on any atom is -0.364 e. The van der Waals surface area contributed by atoms with Gasteiger partial charge in [0, 0.05) is 12.6 Å². The second-order valence-corrected chi connectivity index (χ2v) is 2.51. The molecule has 12 heavy (non-hydrogen) atoms. The second-order valence-electron chi connectivity index (χ2n) is 2.51. The fourth-order valence-electron chi connectivity index (χ4n) is 0.878. The summed E-state index contributed by atoms with van der Waals surface area (Å²) in [7, 11) is 1.47. The molecule has 0 spiro atoms. The van der Waals surface area contributed by atoms with E-state index in [1.165, 1.54) is 13.1 Å². The maximum Gasteiger partial charge on any atom is 0.269 e. The summed E-state index contributed by atoms with van der Waals surface area (Å²) in [5.41, 5.74) is 5.33. The van der Waals surface area contributed by atoms with Crippen LogP contribution in [0.2, 0.25) is 0 Å². The summed E-state index contributed by atoms with van der Waals surface area (Å²) in [4.78, 5) is 21.8. The van der Waals surface area contributed by atoms with Crippen molar-refractivity contribution in [2.24, 2.45) is 12.8 Å². The number of rotatable bonds is 1. The van der Waals surface area contributed by atoms with Crippen molar-refractivity contribution in [2.45, 2.75) is 6.92 Å². The van der Waals surface area contributed by atoms with Crippen LogP contribution in [0.4, 0.5) is 0 Å². The molecular weight excluding hydrogens is 158 g/mol. The lowest BCUT2D eigenvalue weighted by Crippen LogP contribution is -2.26. The van der Waals surface area contributed by atoms with Crippen LogP contribution in [-0.4, -0.2) is 15.7 Å². The summed E-state index contributed by atoms with van der Waals surface area (Å²) in [5, 5.41) is 3.66. The monoisotopic (exact) mass is 167 g/mol. The molecule has 1 heterocycles. The van der Waals surface area contributed by atoms with Gasteiger partial charge in [-0.15, -0.1) is 0 Å². The van der Waals surface area contributed by atoms with Gasteiger partial charge in [-0.25, -0.2) is 4.68 Å². The number of amides is 1. The molecule has 0 unspecified atom stereocenters. The summed E-state index contributed by atoms with van der Waals surface area (Å²) in [5.74, 6) is -0.631. The SMILES string of the molecule is Cc1cc(C(N)=O)nn(C)c1=O. The third-order valence-corrected chi connectivity index (χ3v) is 1.49. The van der Waals surface area contributed by atoms with Gasteiger partial charge in [0.05, 0.1) is 0 Å². The van der Waals surface area contributed by atoms with E-state index in [9.17, 15) is 9.59 Å². The number of primary amides is 1. The molecule has 1 rings (SSSR count). The predicted octanol–water partition coefficient (Wildman–Crippen LogP) is -0.812. The van der Waals surface area contributed by atoms with Crippen LogP contribution in [-0.2, 0) is 7.05 Å². The first-order valence-electron chi connectivity index (χ1n) is 3.37. The number of carbonyl (C=O) groups excluding carboxylic acids is 1. The van der Waals surface area contributed by atoms with Crippen LogP contribution >= 0.6 is 0 Å². The average Bonchev–Trinajstić information content (AvgIpc) is 1.99. The highest BCUT2D eigenvalue weighted by Crippen LogP contribution is 1.92. The zero-order valence-corrected chi connectivity index (χ0v) is 6.87. The van der Waals surface area contributed by atoms with Crippen molar-refractivity contribution in [3.8, 4) is 0 Å². The summed E-state index contributed by atoms with van der Waals surface area (Å²) in [6.45, 7) is 1.61. The summed E-state index contributed by atoms with van der Waals surface area (Å²) < 4.78 is 1.09. The van der Waals surface area contributed by atoms with E-state index in [0.29, 0.717) is 5.56 Å². The first kappa shape index (κ1) is 8.45. The summed E-state index contributed by atoms with van der Waals surface area (Å²) in [6, 6.07) is 1.38. The molecule has 0 saturated carbocycles. The van der Waals surface area contributed by atoms with Gasteiger partial charge in [0.1, 0.15) is 5.69 Å². The van der Waals surface area contributed by atoms with E-state index in [1.54, 1.807) is 6.92 Å². The number of hydrogen-bond acceptors (Lipinski definition) is 3. The van der Waals surface area contributed by atoms with E-state index in [0.717, 1.165) is 4.68 Å². The van der Waals surface area contributed by atoms with Gasteiger partial charge in [0.2, 0.25) is 0 Å². The molecule has 0 fully saturated rings. The quantitative estimate of drug-likeness (QED) is 0.594. The van der Waals surface area contributed by atoms with Gasteiger partial charge in [-0.1, -0.05) is 0 Å². The van der Waals surface area contributed by atoms with Gasteiger partial charge in [-0.2, -0.15) is 5.10 Å². The van der Waals surface area contributed by atoms with Gasteiger partial charge in [0.25, 0.3) is 11.5 Å². The van der Waals surface area contributed by atoms with Gasteiger partial charge < -0.3 is 5.73 Å². The van der Waals surface area contributed by atoms with Crippen molar-refractivity contribution in [1.29, 1.82) is 0 Å². The third-order valence-electron chi connectivity index (χ3n) is 1.49. The number of carbonyl (C=O) groups is 1. The Morgan fingerprint density at radius 3 is 2.67 bits per heavy atom. The lowest BCUT2D eigenvalue weighted by Gasteiger charge is -2.00. The van der Waals surface area contributed by atoms with Crippen LogP contribution in [0.1, 0.15) is 16.1 Å². The number of aryl methyl sites for hydroxylation is 2. The fraction of sp³-hybridized carbons (Fsp3) is 0.286. The maximum atomic E-state index is 11.1. The molecule has 0 aliphatic carbocycles. The topological polar surface area (TPSA) is 78.0 Å². The molecule has 0 aliphatic heterocycles. The van der Waals surface area contributed by atoms with Crippen LogP contribution < -0.4 is 11.3 Å². The number of nitrogens with two attached hydrogens (primary N) is 1. The zero-order chi connectivity index (χ0) is 9.30. The van der Waals surface area contributed by atoms with Crippen molar-refractivity contribution < 1.29 is 4.79 Å². The standard InChI is InChI=1S/C7H9N3O2/c1-4-3-5(6(8)11)9-10(2)7(4)12/h3H,1-2H3,(H2,8,11). The van der Waals surface area contributed by atoms with Crippen molar-refractivity contribution in [3.05, 3.63) is 27.7 Å². The molecule has 0 radical (unpaired) electrons. The number of hydrogen-bond donors (Lipinski definition) is 1. The average molecular weight is 167 g/mol. The number of aromatic nitrogens is 2. The largest absolute Gasteiger partial charge is 0.364 e. The number of nitrogens with zero attached hydrogens (tertiary/aromatic N) is 2. The highest BCUT2D eigenvalue weighted by Gasteiger charge is 2.05. The van der Waals surface area contributed by atoms with E-state index in [2.05, 4.69) is 5.10 Å². The smallest absolute Gasteiger partial charge is 0.269 e. The Morgan fingerprint density at radius 2 is 2.25 bits per heavy atom. The first-order valence-corrected chi connectivity index (χ1v) is 3.37. The zero-order valence-electron chi connectivity index (χ0n) is 6.87. The minimum absolute atomic E-state index is 0.106. The Labute approximate surface area is 68.8 Å². The van der Waals surface area contributed by atoms with Gasteiger partial charge >= 0.3 is 0 Å². The lowest BCUT2D eigenvalue weighted by atomic mass is 10.3. The second kappa shape index (κ2) is 2.77. The van der Waals surface area contributed by atoms with Crippen LogP contribution in [0.15, 0.2) is 10.9 Å². The van der Waals surface area contributed by atoms with Crippen LogP contribution in [0.5, 0.6) is 0 Å². The molecule has 64 valence electrons. The van der Waals surface area contributed by atoms with Crippen molar-refractivity contribution >= 4 is 5.91 Å². The Hall–Kier alpha value is -1.65. The van der Waals surface area contributed by atoms with Crippen LogP contribution in [0, 0.1) is 6.92 Å². The minimum atomic E-state index is -0.631. The Balaban J connectivity index is 3.41. The first-order chi connectivity index (χ1) is 5.52. The lowest BCUT2D eigenvalue weighted by molar-refractivity contribution is 0.0993. The highest BCUT2D eigenvalue weighted by molar-refractivity contribution is 5.90. The fourth-order valence-corrected chi connectivity index (χ4v) is 0.878. The molecule has 0 aromatic carbocycles. The van der Waals surface area contributed by atoms with Crippen molar-refractivity contribution in [2.75, 3.05) is 0 Å². The molecule has 2 N–H and O–H groups in total. The molecule has 0 atom stereocenters. The van der Waals surface area contributed by atoms with Gasteiger partial charge in [-0.05, 0) is 13.0 Å². The molecular formula is C7H9N3O2. The predicted molar refractivity (Wildman–Crippen MR) is 42.7 cm³/mol. The van der Waals surface area contributed by atoms with E-state index >= 15 is 0 Å². The highest BCUT2D eigenvalue weighted by atomic mass is 16.1. The molecule has 5 heteroatoms. The maximum absolute atomic E-state index is 11.1. The van der Waals surface area contributed by atoms with Gasteiger partial charge in [0.15, 0.2) is 0 Å². The molecule has 1 aromatic rings. The molecule has 5 nitrogen and oxygen atoms in total. The van der Waals surface area contributed by atoms with E-state index in [1.807, 2.05) is 0 Å². The molecule has 1 aromatic heterocycles. The summed E-state index contributed by atoms with van der Waals surface area (Å²) >= 11 is 0. The third kappa shape index (κ3) is 1.34. The van der Waals surface area contributed by atoms with Crippen LogP contribution in [0.3, 0.4) is 0 Å². The Kier molecular flexibility index (Phi) is 1.95. The normalized spacial score (nSPS) is 9.83. The Bertz CT molecular complexity index is 354. The molecule has 0 saturated heterocycles. The molecule has 0 bridgehead atoms. The Morgan fingerprint density at radius 1 is 1.67 bits per heavy atom. The van der Waals surface area contributed by atoms with Crippen molar-refractivity contribution in [3.63, 3.8) is 0 Å². The van der Waals surface area contributed by atoms with E-state index in [4.69, 9.17) is 5.73 Å². The molecule has 0 aliphatic rings. The van der Waals surface area contributed by atoms with Crippen LogP contribution in [0.25, 0.3) is 0 Å². The van der Waals surface area contributed by atoms with E-state index in [-0.39, 0.29) is 11.3 Å².